The smallest absolute Gasteiger partial charge is 0.0693 e. The maximum absolute atomic E-state index is 12.0. The Morgan fingerprint density at radius 2 is 2.00 bits per heavy atom. The van der Waals surface area contributed by atoms with Crippen molar-refractivity contribution in [2.45, 2.75) is 37.2 Å². The number of alkyl halides is 1. The average Bonchev–Trinajstić information content (AvgIpc) is 2.39. The lowest BCUT2D eigenvalue weighted by atomic mass is 10.2. The van der Waals surface area contributed by atoms with Crippen LogP contribution in [-0.4, -0.2) is 25.6 Å². The second-order valence-corrected chi connectivity index (χ2v) is 7.09. The molecule has 0 saturated heterocycles. The molecule has 0 aliphatic heterocycles. The first-order chi connectivity index (χ1) is 9.13. The quantitative estimate of drug-likeness (QED) is 0.318. The molecule has 0 fully saturated rings. The van der Waals surface area contributed by atoms with Gasteiger partial charge in [-0.1, -0.05) is 52.4 Å². The number of aryl methyl sites for hydroxylation is 1. The van der Waals surface area contributed by atoms with Gasteiger partial charge < -0.3 is 5.11 Å². The average molecular weight is 392 g/mol. The van der Waals surface area contributed by atoms with E-state index in [2.05, 4.69) is 28.7 Å². The van der Waals surface area contributed by atoms with E-state index in [4.69, 9.17) is 0 Å². The van der Waals surface area contributed by atoms with Crippen LogP contribution in [0.2, 0.25) is 0 Å². The molecule has 0 aromatic heterocycles. The SMILES string of the molecule is Cc1ccc(S(=O)C[C@H](O)C/C=C/CCCI)cc1. The molecule has 106 valence electrons. The predicted molar refractivity (Wildman–Crippen MR) is 90.3 cm³/mol. The van der Waals surface area contributed by atoms with Crippen molar-refractivity contribution >= 4 is 33.4 Å². The van der Waals surface area contributed by atoms with E-state index >= 15 is 0 Å². The van der Waals surface area contributed by atoms with Crippen molar-refractivity contribution < 1.29 is 9.32 Å². The molecule has 2 atom stereocenters. The maximum atomic E-state index is 12.0. The first-order valence-electron chi connectivity index (χ1n) is 6.47. The van der Waals surface area contributed by atoms with Crippen molar-refractivity contribution in [1.82, 2.24) is 0 Å². The van der Waals surface area contributed by atoms with E-state index in [0.29, 0.717) is 12.2 Å². The number of hydrogen-bond acceptors (Lipinski definition) is 2. The number of allylic oxidation sites excluding steroid dienone is 1. The number of unbranched alkanes of at least 4 members (excludes halogenated alkanes) is 1. The Kier molecular flexibility index (Phi) is 8.57. The Labute approximate surface area is 131 Å². The van der Waals surface area contributed by atoms with Crippen molar-refractivity contribution in [2.75, 3.05) is 10.2 Å². The zero-order chi connectivity index (χ0) is 14.1. The van der Waals surface area contributed by atoms with Crippen LogP contribution in [0.1, 0.15) is 24.8 Å². The number of hydrogen-bond donors (Lipinski definition) is 1. The van der Waals surface area contributed by atoms with Gasteiger partial charge in [0.15, 0.2) is 0 Å². The normalized spacial score (nSPS) is 14.7. The van der Waals surface area contributed by atoms with E-state index < -0.39 is 16.9 Å². The molecule has 1 rings (SSSR count). The fraction of sp³-hybridized carbons (Fsp3) is 0.467. The fourth-order valence-electron chi connectivity index (χ4n) is 1.60. The van der Waals surface area contributed by atoms with Crippen LogP contribution in [0.15, 0.2) is 41.3 Å². The van der Waals surface area contributed by atoms with Gasteiger partial charge >= 0.3 is 0 Å². The molecule has 0 saturated carbocycles. The van der Waals surface area contributed by atoms with Gasteiger partial charge in [0.05, 0.1) is 22.7 Å². The molecule has 1 unspecified atom stereocenters. The van der Waals surface area contributed by atoms with Crippen LogP contribution >= 0.6 is 22.6 Å². The third-order valence-electron chi connectivity index (χ3n) is 2.71. The van der Waals surface area contributed by atoms with E-state index in [1.807, 2.05) is 37.3 Å². The lowest BCUT2D eigenvalue weighted by Gasteiger charge is -2.08. The standard InChI is InChI=1S/C15H21IO2S/c1-13-7-9-15(10-8-13)19(18)12-14(17)6-4-2-3-5-11-16/h2,4,7-10,14,17H,3,5-6,11-12H2,1H3/b4-2+/t14-,19?/m1/s1. The molecule has 0 aliphatic carbocycles. The summed E-state index contributed by atoms with van der Waals surface area (Å²) in [7, 11) is -1.12. The minimum absolute atomic E-state index is 0.305. The third kappa shape index (κ3) is 7.22. The molecule has 19 heavy (non-hydrogen) atoms. The number of benzene rings is 1. The topological polar surface area (TPSA) is 37.3 Å². The summed E-state index contributed by atoms with van der Waals surface area (Å²) in [5, 5.41) is 9.85. The van der Waals surface area contributed by atoms with E-state index in [9.17, 15) is 9.32 Å². The second-order valence-electron chi connectivity index (χ2n) is 4.52. The fourth-order valence-corrected chi connectivity index (χ4v) is 3.15. The van der Waals surface area contributed by atoms with Gasteiger partial charge in [-0.15, -0.1) is 0 Å². The number of aliphatic hydroxyl groups excluding tert-OH is 1. The van der Waals surface area contributed by atoms with Crippen molar-refractivity contribution in [3.8, 4) is 0 Å². The van der Waals surface area contributed by atoms with Gasteiger partial charge in [0.1, 0.15) is 0 Å². The lowest BCUT2D eigenvalue weighted by Crippen LogP contribution is -2.15. The maximum Gasteiger partial charge on any atom is 0.0693 e. The molecule has 0 heterocycles. The summed E-state index contributed by atoms with van der Waals surface area (Å²) < 4.78 is 13.2. The van der Waals surface area contributed by atoms with Gasteiger partial charge in [-0.25, -0.2) is 0 Å². The summed E-state index contributed by atoms with van der Waals surface area (Å²) >= 11 is 2.35. The summed E-state index contributed by atoms with van der Waals surface area (Å²) in [6.45, 7) is 2.00. The number of aliphatic hydroxyl groups is 1. The Hall–Kier alpha value is -0.200. The van der Waals surface area contributed by atoms with Crippen LogP contribution in [0.4, 0.5) is 0 Å². The number of rotatable bonds is 8. The second kappa shape index (κ2) is 9.66. The molecule has 0 spiro atoms. The van der Waals surface area contributed by atoms with Gasteiger partial charge in [0.25, 0.3) is 0 Å². The van der Waals surface area contributed by atoms with Gasteiger partial charge in [-0.3, -0.25) is 4.21 Å². The summed E-state index contributed by atoms with van der Waals surface area (Å²) in [6, 6.07) is 7.63. The molecule has 0 radical (unpaired) electrons. The molecule has 0 aliphatic rings. The van der Waals surface area contributed by atoms with E-state index in [1.54, 1.807) is 0 Å². The van der Waals surface area contributed by atoms with Crippen LogP contribution in [0.25, 0.3) is 0 Å². The Bertz CT molecular complexity index is 415. The van der Waals surface area contributed by atoms with Crippen molar-refractivity contribution in [1.29, 1.82) is 0 Å². The monoisotopic (exact) mass is 392 g/mol. The summed E-state index contributed by atoms with van der Waals surface area (Å²) in [5.41, 5.74) is 1.15. The number of halogens is 1. The van der Waals surface area contributed by atoms with Crippen LogP contribution in [0.3, 0.4) is 0 Å². The molecule has 1 N–H and O–H groups in total. The third-order valence-corrected chi connectivity index (χ3v) is 4.96. The van der Waals surface area contributed by atoms with E-state index in [-0.39, 0.29) is 0 Å². The molecular weight excluding hydrogens is 371 g/mol. The zero-order valence-corrected chi connectivity index (χ0v) is 14.2. The van der Waals surface area contributed by atoms with Gasteiger partial charge in [0, 0.05) is 4.90 Å². The zero-order valence-electron chi connectivity index (χ0n) is 11.2. The molecule has 2 nitrogen and oxygen atoms in total. The van der Waals surface area contributed by atoms with Crippen LogP contribution in [0.5, 0.6) is 0 Å². The predicted octanol–water partition coefficient (Wildman–Crippen LogP) is 3.63. The van der Waals surface area contributed by atoms with Crippen molar-refractivity contribution in [3.63, 3.8) is 0 Å². The highest BCUT2D eigenvalue weighted by Crippen LogP contribution is 2.10. The summed E-state index contributed by atoms with van der Waals surface area (Å²) in [5.74, 6) is 0.305. The molecule has 1 aromatic carbocycles. The Balaban J connectivity index is 2.35. The molecular formula is C15H21IO2S. The minimum Gasteiger partial charge on any atom is -0.392 e. The molecule has 4 heteroatoms. The summed E-state index contributed by atoms with van der Waals surface area (Å²) in [6.07, 6.45) is 6.36. The van der Waals surface area contributed by atoms with Gasteiger partial charge in [-0.2, -0.15) is 0 Å². The molecule has 0 bridgehead atoms. The van der Waals surface area contributed by atoms with Crippen molar-refractivity contribution in [3.05, 3.63) is 42.0 Å². The Morgan fingerprint density at radius 3 is 2.63 bits per heavy atom. The van der Waals surface area contributed by atoms with E-state index in [0.717, 1.165) is 21.3 Å². The van der Waals surface area contributed by atoms with Crippen LogP contribution < -0.4 is 0 Å². The molecule has 0 amide bonds. The van der Waals surface area contributed by atoms with Gasteiger partial charge in [-0.05, 0) is 42.7 Å². The lowest BCUT2D eigenvalue weighted by molar-refractivity contribution is 0.202. The first kappa shape index (κ1) is 16.9. The van der Waals surface area contributed by atoms with Crippen molar-refractivity contribution in [2.24, 2.45) is 0 Å². The van der Waals surface area contributed by atoms with Gasteiger partial charge in [0.2, 0.25) is 0 Å². The van der Waals surface area contributed by atoms with Crippen LogP contribution in [-0.2, 0) is 10.8 Å². The van der Waals surface area contributed by atoms with E-state index in [1.165, 1.54) is 6.42 Å². The van der Waals surface area contributed by atoms with Crippen LogP contribution in [0, 0.1) is 6.92 Å². The first-order valence-corrected chi connectivity index (χ1v) is 9.32. The molecule has 1 aromatic rings. The summed E-state index contributed by atoms with van der Waals surface area (Å²) in [4.78, 5) is 0.790. The highest BCUT2D eigenvalue weighted by atomic mass is 127. The minimum atomic E-state index is -1.12. The largest absolute Gasteiger partial charge is 0.392 e. The Morgan fingerprint density at radius 1 is 1.32 bits per heavy atom. The highest BCUT2D eigenvalue weighted by Gasteiger charge is 2.09. The highest BCUT2D eigenvalue weighted by molar-refractivity contribution is 14.1.